The molecule has 1 amide bonds. The number of carbonyl (C=O) groups is 1. The summed E-state index contributed by atoms with van der Waals surface area (Å²) in [6, 6.07) is 11.2. The first-order chi connectivity index (χ1) is 8.75. The van der Waals surface area contributed by atoms with E-state index in [0.29, 0.717) is 5.84 Å². The molecule has 1 heterocycles. The zero-order chi connectivity index (χ0) is 12.8. The molecule has 92 valence electrons. The number of hydrogen-bond donors (Lipinski definition) is 0. The summed E-state index contributed by atoms with van der Waals surface area (Å²) in [7, 11) is 0. The van der Waals surface area contributed by atoms with E-state index in [1.807, 2.05) is 30.3 Å². The van der Waals surface area contributed by atoms with Crippen molar-refractivity contribution in [1.29, 1.82) is 0 Å². The quantitative estimate of drug-likeness (QED) is 0.601. The summed E-state index contributed by atoms with van der Waals surface area (Å²) in [5.41, 5.74) is 0.929. The maximum Gasteiger partial charge on any atom is 0.435 e. The van der Waals surface area contributed by atoms with Gasteiger partial charge in [0, 0.05) is 12.4 Å². The van der Waals surface area contributed by atoms with Gasteiger partial charge in [-0.3, -0.25) is 0 Å². The lowest BCUT2D eigenvalue weighted by Gasteiger charge is -2.02. The number of aromatic nitrogens is 2. The van der Waals surface area contributed by atoms with E-state index in [0.717, 1.165) is 5.56 Å². The predicted molar refractivity (Wildman–Crippen MR) is 67.4 cm³/mol. The van der Waals surface area contributed by atoms with Crippen LogP contribution in [0.25, 0.3) is 0 Å². The van der Waals surface area contributed by atoms with Crippen molar-refractivity contribution < 1.29 is 9.53 Å². The van der Waals surface area contributed by atoms with Gasteiger partial charge in [-0.2, -0.15) is 10.1 Å². The molecule has 2 rings (SSSR count). The fourth-order valence-electron chi connectivity index (χ4n) is 1.40. The molecule has 5 heteroatoms. The van der Waals surface area contributed by atoms with Gasteiger partial charge in [0.05, 0.1) is 0 Å². The molecule has 0 N–H and O–H groups in total. The fourth-order valence-corrected chi connectivity index (χ4v) is 1.40. The highest BCUT2D eigenvalue weighted by Gasteiger charge is 2.03. The van der Waals surface area contributed by atoms with Crippen LogP contribution in [0.1, 0.15) is 12.5 Å². The molecule has 0 unspecified atom stereocenters. The number of nitrogens with zero attached hydrogens (tertiary/aromatic N) is 3. The second-order valence-corrected chi connectivity index (χ2v) is 3.65. The molecule has 18 heavy (non-hydrogen) atoms. The summed E-state index contributed by atoms with van der Waals surface area (Å²) in [6.07, 6.45) is 2.71. The second-order valence-electron chi connectivity index (χ2n) is 3.65. The van der Waals surface area contributed by atoms with Crippen molar-refractivity contribution in [2.45, 2.75) is 13.5 Å². The van der Waals surface area contributed by atoms with E-state index < -0.39 is 6.09 Å². The van der Waals surface area contributed by atoms with Gasteiger partial charge < -0.3 is 4.74 Å². The van der Waals surface area contributed by atoms with Gasteiger partial charge in [0.15, 0.2) is 0 Å². The standard InChI is InChI=1S/C13H13N3O2/c1-11(16-9-5-8-14-16)15-13(17)18-10-12-6-3-2-4-7-12/h2-9H,10H2,1H3/b15-11+. The lowest BCUT2D eigenvalue weighted by Crippen LogP contribution is -2.11. The Hall–Kier alpha value is -2.43. The minimum Gasteiger partial charge on any atom is -0.443 e. The molecule has 0 aliphatic rings. The van der Waals surface area contributed by atoms with Crippen LogP contribution < -0.4 is 0 Å². The monoisotopic (exact) mass is 243 g/mol. The minimum atomic E-state index is -0.619. The van der Waals surface area contributed by atoms with Crippen LogP contribution in [0.4, 0.5) is 4.79 Å². The molecule has 0 spiro atoms. The average molecular weight is 243 g/mol. The molecule has 1 aromatic heterocycles. The Morgan fingerprint density at radius 3 is 2.78 bits per heavy atom. The number of amides is 1. The molecule has 0 fully saturated rings. The summed E-state index contributed by atoms with van der Waals surface area (Å²) < 4.78 is 6.53. The van der Waals surface area contributed by atoms with Crippen molar-refractivity contribution in [1.82, 2.24) is 9.78 Å². The highest BCUT2D eigenvalue weighted by atomic mass is 16.5. The summed E-state index contributed by atoms with van der Waals surface area (Å²) in [5, 5.41) is 3.97. The van der Waals surface area contributed by atoms with E-state index in [1.165, 1.54) is 4.68 Å². The first-order valence-electron chi connectivity index (χ1n) is 5.52. The van der Waals surface area contributed by atoms with Crippen LogP contribution in [-0.2, 0) is 11.3 Å². The van der Waals surface area contributed by atoms with Crippen LogP contribution in [-0.4, -0.2) is 21.7 Å². The van der Waals surface area contributed by atoms with Crippen molar-refractivity contribution in [3.8, 4) is 0 Å². The molecule has 1 aromatic carbocycles. The lowest BCUT2D eigenvalue weighted by molar-refractivity contribution is 0.150. The number of carbonyl (C=O) groups excluding carboxylic acids is 1. The first kappa shape index (κ1) is 12.0. The fraction of sp³-hybridized carbons (Fsp3) is 0.154. The van der Waals surface area contributed by atoms with Gasteiger partial charge in [-0.25, -0.2) is 9.48 Å². The normalized spacial score (nSPS) is 11.3. The number of hydrogen-bond acceptors (Lipinski definition) is 3. The third kappa shape index (κ3) is 3.28. The van der Waals surface area contributed by atoms with Gasteiger partial charge in [0.2, 0.25) is 0 Å². The van der Waals surface area contributed by atoms with Gasteiger partial charge in [-0.05, 0) is 18.6 Å². The predicted octanol–water partition coefficient (Wildman–Crippen LogP) is 2.49. The Morgan fingerprint density at radius 1 is 1.33 bits per heavy atom. The Morgan fingerprint density at radius 2 is 2.11 bits per heavy atom. The Labute approximate surface area is 105 Å². The lowest BCUT2D eigenvalue weighted by atomic mass is 10.2. The Kier molecular flexibility index (Phi) is 3.86. The van der Waals surface area contributed by atoms with Crippen LogP contribution in [0.15, 0.2) is 53.8 Å². The van der Waals surface area contributed by atoms with Crippen LogP contribution in [0, 0.1) is 0 Å². The van der Waals surface area contributed by atoms with E-state index in [2.05, 4.69) is 10.1 Å². The maximum absolute atomic E-state index is 11.5. The van der Waals surface area contributed by atoms with Crippen LogP contribution >= 0.6 is 0 Å². The third-order valence-electron chi connectivity index (χ3n) is 2.29. The topological polar surface area (TPSA) is 56.5 Å². The first-order valence-corrected chi connectivity index (χ1v) is 5.52. The minimum absolute atomic E-state index is 0.218. The Balaban J connectivity index is 1.91. The number of ether oxygens (including phenoxy) is 1. The third-order valence-corrected chi connectivity index (χ3v) is 2.29. The SMILES string of the molecule is C/C(=N\C(=O)OCc1ccccc1)n1cccn1. The van der Waals surface area contributed by atoms with Gasteiger partial charge in [-0.15, -0.1) is 0 Å². The molecular weight excluding hydrogens is 230 g/mol. The molecule has 0 radical (unpaired) electrons. The van der Waals surface area contributed by atoms with Crippen molar-refractivity contribution in [2.24, 2.45) is 4.99 Å². The number of aliphatic imine (C=N–C) groups is 1. The number of rotatable bonds is 2. The molecule has 0 atom stereocenters. The average Bonchev–Trinajstić information content (AvgIpc) is 2.91. The van der Waals surface area contributed by atoms with E-state index in [-0.39, 0.29) is 6.61 Å². The van der Waals surface area contributed by atoms with E-state index in [4.69, 9.17) is 4.74 Å². The molecule has 0 saturated heterocycles. The summed E-state index contributed by atoms with van der Waals surface area (Å²) >= 11 is 0. The smallest absolute Gasteiger partial charge is 0.435 e. The van der Waals surface area contributed by atoms with Crippen LogP contribution in [0.5, 0.6) is 0 Å². The zero-order valence-electron chi connectivity index (χ0n) is 9.98. The Bertz CT molecular complexity index is 533. The molecular formula is C13H13N3O2. The number of benzene rings is 1. The van der Waals surface area contributed by atoms with Gasteiger partial charge in [-0.1, -0.05) is 30.3 Å². The van der Waals surface area contributed by atoms with Crippen LogP contribution in [0.3, 0.4) is 0 Å². The van der Waals surface area contributed by atoms with Crippen molar-refractivity contribution in [3.05, 3.63) is 54.4 Å². The second kappa shape index (κ2) is 5.77. The highest BCUT2D eigenvalue weighted by molar-refractivity contribution is 5.90. The maximum atomic E-state index is 11.5. The molecule has 0 bridgehead atoms. The largest absolute Gasteiger partial charge is 0.443 e. The van der Waals surface area contributed by atoms with E-state index >= 15 is 0 Å². The zero-order valence-corrected chi connectivity index (χ0v) is 9.98. The summed E-state index contributed by atoms with van der Waals surface area (Å²) in [5.74, 6) is 0.470. The van der Waals surface area contributed by atoms with E-state index in [1.54, 1.807) is 25.4 Å². The van der Waals surface area contributed by atoms with Gasteiger partial charge in [0.25, 0.3) is 0 Å². The van der Waals surface area contributed by atoms with Gasteiger partial charge in [0.1, 0.15) is 12.4 Å². The van der Waals surface area contributed by atoms with E-state index in [9.17, 15) is 4.79 Å². The summed E-state index contributed by atoms with van der Waals surface area (Å²) in [4.78, 5) is 15.3. The van der Waals surface area contributed by atoms with Gasteiger partial charge >= 0.3 is 6.09 Å². The molecule has 0 aliphatic heterocycles. The molecule has 2 aromatic rings. The van der Waals surface area contributed by atoms with Crippen LogP contribution in [0.2, 0.25) is 0 Å². The molecule has 0 aliphatic carbocycles. The van der Waals surface area contributed by atoms with Crippen molar-refractivity contribution in [2.75, 3.05) is 0 Å². The highest BCUT2D eigenvalue weighted by Crippen LogP contribution is 2.01. The van der Waals surface area contributed by atoms with Crippen molar-refractivity contribution in [3.63, 3.8) is 0 Å². The molecule has 0 saturated carbocycles. The van der Waals surface area contributed by atoms with Crippen molar-refractivity contribution >= 4 is 11.9 Å². The summed E-state index contributed by atoms with van der Waals surface area (Å²) in [6.45, 7) is 1.91. The molecule has 5 nitrogen and oxygen atoms in total.